The topological polar surface area (TPSA) is 146 Å². The largest absolute Gasteiger partial charge is 0.478 e. The molecule has 0 saturated heterocycles. The van der Waals surface area contributed by atoms with Gasteiger partial charge >= 0.3 is 23.9 Å². The van der Waals surface area contributed by atoms with E-state index in [2.05, 4.69) is 0 Å². The second-order valence-corrected chi connectivity index (χ2v) is 6.29. The molecule has 0 bridgehead atoms. The Kier molecular flexibility index (Phi) is 16.0. The highest BCUT2D eigenvalue weighted by Crippen LogP contribution is 2.16. The van der Waals surface area contributed by atoms with Crippen molar-refractivity contribution in [2.45, 2.75) is 52.4 Å². The van der Waals surface area contributed by atoms with Crippen LogP contribution >= 0.6 is 0 Å². The van der Waals surface area contributed by atoms with E-state index in [-0.39, 0.29) is 26.4 Å². The number of ether oxygens (including phenoxy) is 4. The summed E-state index contributed by atoms with van der Waals surface area (Å²) in [6, 6.07) is 0. The van der Waals surface area contributed by atoms with Gasteiger partial charge in [0.15, 0.2) is 0 Å². The Morgan fingerprint density at radius 1 is 0.600 bits per heavy atom. The van der Waals surface area contributed by atoms with E-state index in [0.717, 1.165) is 25.7 Å². The zero-order valence-electron chi connectivity index (χ0n) is 17.6. The molecule has 0 atom stereocenters. The van der Waals surface area contributed by atoms with Crippen molar-refractivity contribution in [1.29, 1.82) is 0 Å². The molecule has 10 heteroatoms. The van der Waals surface area contributed by atoms with Crippen LogP contribution in [-0.2, 0) is 38.1 Å². The fourth-order valence-corrected chi connectivity index (χ4v) is 2.14. The lowest BCUT2D eigenvalue weighted by molar-refractivity contribution is -0.147. The SMILES string of the molecule is CCCCOCCOC(=O)CC(C(=O)O)=C(CC(=O)OCCOCCCC)C(=O)O. The Morgan fingerprint density at radius 3 is 1.27 bits per heavy atom. The van der Waals surface area contributed by atoms with Crippen LogP contribution in [0, 0.1) is 0 Å². The first-order valence-electron chi connectivity index (χ1n) is 9.98. The molecule has 0 aromatic heterocycles. The van der Waals surface area contributed by atoms with E-state index in [1.807, 2.05) is 13.8 Å². The highest BCUT2D eigenvalue weighted by Gasteiger charge is 2.26. The number of esters is 2. The second-order valence-electron chi connectivity index (χ2n) is 6.29. The zero-order valence-corrected chi connectivity index (χ0v) is 17.6. The standard InChI is InChI=1S/C20H32O10/c1-3-5-7-27-9-11-29-17(21)13-15(19(23)24)16(20(25)26)14-18(22)30-12-10-28-8-6-4-2/h3-14H2,1-2H3,(H,23,24)(H,25,26). The Labute approximate surface area is 176 Å². The summed E-state index contributed by atoms with van der Waals surface area (Å²) in [5.74, 6) is -5.11. The predicted octanol–water partition coefficient (Wildman–Crippen LogP) is 1.95. The summed E-state index contributed by atoms with van der Waals surface area (Å²) in [5, 5.41) is 18.6. The Hall–Kier alpha value is -2.46. The van der Waals surface area contributed by atoms with Crippen molar-refractivity contribution in [3.05, 3.63) is 11.1 Å². The maximum absolute atomic E-state index is 11.9. The van der Waals surface area contributed by atoms with Gasteiger partial charge in [-0.15, -0.1) is 0 Å². The Morgan fingerprint density at radius 2 is 0.967 bits per heavy atom. The fraction of sp³-hybridized carbons (Fsp3) is 0.700. The minimum absolute atomic E-state index is 0.0854. The van der Waals surface area contributed by atoms with Crippen molar-refractivity contribution >= 4 is 23.9 Å². The van der Waals surface area contributed by atoms with Crippen molar-refractivity contribution < 1.29 is 48.3 Å². The van der Waals surface area contributed by atoms with Crippen LogP contribution in [0.5, 0.6) is 0 Å². The number of rotatable bonds is 18. The molecule has 2 N–H and O–H groups in total. The molecule has 0 aliphatic carbocycles. The Bertz CT molecular complexity index is 532. The molecular weight excluding hydrogens is 400 g/mol. The smallest absolute Gasteiger partial charge is 0.332 e. The summed E-state index contributed by atoms with van der Waals surface area (Å²) in [7, 11) is 0. The summed E-state index contributed by atoms with van der Waals surface area (Å²) in [5.41, 5.74) is -1.45. The molecule has 172 valence electrons. The van der Waals surface area contributed by atoms with Gasteiger partial charge in [-0.3, -0.25) is 9.59 Å². The monoisotopic (exact) mass is 432 g/mol. The van der Waals surface area contributed by atoms with Gasteiger partial charge in [0.2, 0.25) is 0 Å². The lowest BCUT2D eigenvalue weighted by Crippen LogP contribution is -2.20. The molecule has 0 rings (SSSR count). The molecule has 0 aliphatic rings. The molecule has 0 fully saturated rings. The van der Waals surface area contributed by atoms with Gasteiger partial charge in [-0.1, -0.05) is 26.7 Å². The first-order valence-corrected chi connectivity index (χ1v) is 9.98. The first kappa shape index (κ1) is 27.5. The van der Waals surface area contributed by atoms with Gasteiger partial charge in [-0.2, -0.15) is 0 Å². The third kappa shape index (κ3) is 13.7. The van der Waals surface area contributed by atoms with Crippen molar-refractivity contribution in [1.82, 2.24) is 0 Å². The highest BCUT2D eigenvalue weighted by molar-refractivity contribution is 6.04. The molecule has 0 aliphatic heterocycles. The normalized spacial score (nSPS) is 11.5. The summed E-state index contributed by atoms with van der Waals surface area (Å²) >= 11 is 0. The van der Waals surface area contributed by atoms with E-state index in [4.69, 9.17) is 18.9 Å². The Balaban J connectivity index is 4.71. The van der Waals surface area contributed by atoms with Crippen LogP contribution in [0.1, 0.15) is 52.4 Å². The summed E-state index contributed by atoms with van der Waals surface area (Å²) in [6.45, 7) is 5.16. The van der Waals surface area contributed by atoms with Gasteiger partial charge in [0.25, 0.3) is 0 Å². The number of aliphatic carboxylic acids is 2. The number of carbonyl (C=O) groups is 4. The molecule has 30 heavy (non-hydrogen) atoms. The molecule has 10 nitrogen and oxygen atoms in total. The molecule has 0 amide bonds. The predicted molar refractivity (Wildman–Crippen MR) is 105 cm³/mol. The van der Waals surface area contributed by atoms with E-state index < -0.39 is 47.9 Å². The summed E-state index contributed by atoms with van der Waals surface area (Å²) in [4.78, 5) is 46.6. The van der Waals surface area contributed by atoms with E-state index in [1.54, 1.807) is 0 Å². The molecule has 0 radical (unpaired) electrons. The van der Waals surface area contributed by atoms with Crippen LogP contribution in [0.25, 0.3) is 0 Å². The molecular formula is C20H32O10. The lowest BCUT2D eigenvalue weighted by Gasteiger charge is -2.10. The average Bonchev–Trinajstić information content (AvgIpc) is 2.69. The van der Waals surface area contributed by atoms with Crippen LogP contribution in [0.4, 0.5) is 0 Å². The van der Waals surface area contributed by atoms with Crippen LogP contribution in [0.2, 0.25) is 0 Å². The van der Waals surface area contributed by atoms with Crippen molar-refractivity contribution in [3.63, 3.8) is 0 Å². The van der Waals surface area contributed by atoms with Crippen molar-refractivity contribution in [2.75, 3.05) is 39.6 Å². The van der Waals surface area contributed by atoms with Crippen LogP contribution in [-0.4, -0.2) is 73.7 Å². The molecule has 0 aromatic rings. The van der Waals surface area contributed by atoms with Gasteiger partial charge in [0.05, 0.1) is 37.2 Å². The quantitative estimate of drug-likeness (QED) is 0.187. The van der Waals surface area contributed by atoms with Gasteiger partial charge in [-0.25, -0.2) is 9.59 Å². The third-order valence-electron chi connectivity index (χ3n) is 3.79. The maximum atomic E-state index is 11.9. The molecule has 0 spiro atoms. The highest BCUT2D eigenvalue weighted by atomic mass is 16.6. The summed E-state index contributed by atoms with van der Waals surface area (Å²) < 4.78 is 20.1. The number of carbonyl (C=O) groups excluding carboxylic acids is 2. The third-order valence-corrected chi connectivity index (χ3v) is 3.79. The van der Waals surface area contributed by atoms with E-state index in [1.165, 1.54) is 0 Å². The first-order chi connectivity index (χ1) is 14.3. The van der Waals surface area contributed by atoms with Gasteiger partial charge in [0, 0.05) is 13.2 Å². The summed E-state index contributed by atoms with van der Waals surface area (Å²) in [6.07, 6.45) is 2.06. The number of carboxylic acid groups (broad SMARTS) is 2. The van der Waals surface area contributed by atoms with Gasteiger partial charge in [0.1, 0.15) is 13.2 Å². The zero-order chi connectivity index (χ0) is 22.8. The van der Waals surface area contributed by atoms with Crippen molar-refractivity contribution in [2.24, 2.45) is 0 Å². The van der Waals surface area contributed by atoms with Crippen LogP contribution < -0.4 is 0 Å². The molecule has 0 heterocycles. The van der Waals surface area contributed by atoms with Gasteiger partial charge in [-0.05, 0) is 12.8 Å². The van der Waals surface area contributed by atoms with Crippen molar-refractivity contribution in [3.8, 4) is 0 Å². The van der Waals surface area contributed by atoms with E-state index >= 15 is 0 Å². The van der Waals surface area contributed by atoms with Crippen LogP contribution in [0.15, 0.2) is 11.1 Å². The minimum atomic E-state index is -1.63. The van der Waals surface area contributed by atoms with E-state index in [9.17, 15) is 29.4 Å². The van der Waals surface area contributed by atoms with Gasteiger partial charge < -0.3 is 29.2 Å². The molecule has 0 unspecified atom stereocenters. The number of hydrogen-bond acceptors (Lipinski definition) is 8. The van der Waals surface area contributed by atoms with Crippen LogP contribution in [0.3, 0.4) is 0 Å². The molecule has 0 aromatic carbocycles. The number of unbranched alkanes of at least 4 members (excludes halogenated alkanes) is 2. The average molecular weight is 432 g/mol. The number of carboxylic acids is 2. The lowest BCUT2D eigenvalue weighted by atomic mass is 10.0. The number of hydrogen-bond donors (Lipinski definition) is 2. The van der Waals surface area contributed by atoms with E-state index in [0.29, 0.717) is 13.2 Å². The molecule has 0 saturated carbocycles. The fourth-order valence-electron chi connectivity index (χ4n) is 2.14. The minimum Gasteiger partial charge on any atom is -0.478 e. The second kappa shape index (κ2) is 17.4. The maximum Gasteiger partial charge on any atom is 0.332 e.